The second kappa shape index (κ2) is 4.80. The highest BCUT2D eigenvalue weighted by molar-refractivity contribution is 5.22. The van der Waals surface area contributed by atoms with Crippen LogP contribution in [0.2, 0.25) is 0 Å². The summed E-state index contributed by atoms with van der Waals surface area (Å²) in [5, 5.41) is 3.57. The molecule has 1 atom stereocenters. The molecule has 0 spiro atoms. The maximum atomic E-state index is 3.57. The molecular formula is C14H23N. The minimum absolute atomic E-state index is 0.323. The summed E-state index contributed by atoms with van der Waals surface area (Å²) in [5.74, 6) is 0. The third-order valence-electron chi connectivity index (χ3n) is 2.99. The summed E-state index contributed by atoms with van der Waals surface area (Å²) in [7, 11) is 0. The molecule has 0 saturated heterocycles. The molecule has 1 N–H and O–H groups in total. The predicted molar refractivity (Wildman–Crippen MR) is 66.9 cm³/mol. The van der Waals surface area contributed by atoms with E-state index in [4.69, 9.17) is 0 Å². The third kappa shape index (κ3) is 4.05. The van der Waals surface area contributed by atoms with Crippen molar-refractivity contribution in [2.75, 3.05) is 0 Å². The quantitative estimate of drug-likeness (QED) is 0.796. The van der Waals surface area contributed by atoms with Gasteiger partial charge >= 0.3 is 0 Å². The van der Waals surface area contributed by atoms with E-state index in [-0.39, 0.29) is 0 Å². The van der Waals surface area contributed by atoms with Crippen LogP contribution in [0.15, 0.2) is 24.3 Å². The Bertz CT molecular complexity index is 309. The van der Waals surface area contributed by atoms with E-state index in [1.54, 1.807) is 0 Å². The average molecular weight is 205 g/mol. The minimum Gasteiger partial charge on any atom is -0.310 e. The molecule has 0 radical (unpaired) electrons. The molecule has 0 aromatic heterocycles. The van der Waals surface area contributed by atoms with Crippen LogP contribution in [-0.2, 0) is 6.54 Å². The topological polar surface area (TPSA) is 12.0 Å². The molecule has 0 amide bonds. The lowest BCUT2D eigenvalue weighted by molar-refractivity contribution is 0.285. The molecule has 1 aromatic carbocycles. The molecule has 0 saturated carbocycles. The maximum absolute atomic E-state index is 3.57. The lowest BCUT2D eigenvalue weighted by Crippen LogP contribution is -2.37. The van der Waals surface area contributed by atoms with Crippen LogP contribution in [0.25, 0.3) is 0 Å². The largest absolute Gasteiger partial charge is 0.310 e. The molecule has 1 unspecified atom stereocenters. The minimum atomic E-state index is 0.323. The van der Waals surface area contributed by atoms with Gasteiger partial charge in [0.05, 0.1) is 0 Å². The number of aryl methyl sites for hydroxylation is 1. The van der Waals surface area contributed by atoms with E-state index in [9.17, 15) is 0 Å². The first-order chi connectivity index (χ1) is 6.89. The van der Waals surface area contributed by atoms with Gasteiger partial charge < -0.3 is 5.32 Å². The Kier molecular flexibility index (Phi) is 3.92. The van der Waals surface area contributed by atoms with Crippen LogP contribution in [0, 0.1) is 12.3 Å². The fourth-order valence-corrected chi connectivity index (χ4v) is 1.40. The summed E-state index contributed by atoms with van der Waals surface area (Å²) in [6.45, 7) is 12.1. The summed E-state index contributed by atoms with van der Waals surface area (Å²) in [4.78, 5) is 0. The number of rotatable bonds is 3. The van der Waals surface area contributed by atoms with Gasteiger partial charge in [-0.1, -0.05) is 50.6 Å². The first-order valence-corrected chi connectivity index (χ1v) is 5.68. The van der Waals surface area contributed by atoms with Gasteiger partial charge in [0.15, 0.2) is 0 Å². The van der Waals surface area contributed by atoms with Gasteiger partial charge in [-0.2, -0.15) is 0 Å². The molecule has 0 fully saturated rings. The van der Waals surface area contributed by atoms with Crippen molar-refractivity contribution in [2.45, 2.75) is 47.2 Å². The van der Waals surface area contributed by atoms with E-state index >= 15 is 0 Å². The van der Waals surface area contributed by atoms with Gasteiger partial charge in [0.1, 0.15) is 0 Å². The highest BCUT2D eigenvalue weighted by Crippen LogP contribution is 2.18. The molecule has 1 rings (SSSR count). The van der Waals surface area contributed by atoms with Gasteiger partial charge in [-0.25, -0.2) is 0 Å². The van der Waals surface area contributed by atoms with E-state index in [1.807, 2.05) is 0 Å². The first-order valence-electron chi connectivity index (χ1n) is 5.68. The second-order valence-corrected chi connectivity index (χ2v) is 5.46. The third-order valence-corrected chi connectivity index (χ3v) is 2.99. The maximum Gasteiger partial charge on any atom is 0.0208 e. The monoisotopic (exact) mass is 205 g/mol. The molecule has 0 aliphatic carbocycles. The number of nitrogens with one attached hydrogen (secondary N) is 1. The van der Waals surface area contributed by atoms with Crippen molar-refractivity contribution in [3.05, 3.63) is 35.4 Å². The number of benzene rings is 1. The van der Waals surface area contributed by atoms with E-state index in [2.05, 4.69) is 64.2 Å². The summed E-state index contributed by atoms with van der Waals surface area (Å²) in [6.07, 6.45) is 0. The average Bonchev–Trinajstić information content (AvgIpc) is 2.12. The lowest BCUT2D eigenvalue weighted by Gasteiger charge is -2.28. The van der Waals surface area contributed by atoms with Crippen molar-refractivity contribution >= 4 is 0 Å². The Hall–Kier alpha value is -0.820. The Morgan fingerprint density at radius 2 is 1.93 bits per heavy atom. The first kappa shape index (κ1) is 12.3. The zero-order valence-corrected chi connectivity index (χ0v) is 10.6. The smallest absolute Gasteiger partial charge is 0.0208 e. The molecule has 1 aromatic rings. The molecule has 0 bridgehead atoms. The van der Waals surface area contributed by atoms with E-state index in [0.29, 0.717) is 11.5 Å². The van der Waals surface area contributed by atoms with Crippen LogP contribution in [0.3, 0.4) is 0 Å². The van der Waals surface area contributed by atoms with Crippen molar-refractivity contribution < 1.29 is 0 Å². The molecule has 1 heteroatoms. The fourth-order valence-electron chi connectivity index (χ4n) is 1.40. The van der Waals surface area contributed by atoms with Crippen LogP contribution in [-0.4, -0.2) is 6.04 Å². The molecule has 15 heavy (non-hydrogen) atoms. The highest BCUT2D eigenvalue weighted by atomic mass is 14.9. The summed E-state index contributed by atoms with van der Waals surface area (Å²) >= 11 is 0. The molecule has 1 nitrogen and oxygen atoms in total. The highest BCUT2D eigenvalue weighted by Gasteiger charge is 2.18. The van der Waals surface area contributed by atoms with E-state index < -0.39 is 0 Å². The van der Waals surface area contributed by atoms with E-state index in [0.717, 1.165) is 6.54 Å². The summed E-state index contributed by atoms with van der Waals surface area (Å²) < 4.78 is 0. The molecule has 0 heterocycles. The zero-order chi connectivity index (χ0) is 11.5. The van der Waals surface area contributed by atoms with Gasteiger partial charge in [0, 0.05) is 12.6 Å². The van der Waals surface area contributed by atoms with Gasteiger partial charge in [-0.15, -0.1) is 0 Å². The number of hydrogen-bond donors (Lipinski definition) is 1. The van der Waals surface area contributed by atoms with Crippen LogP contribution in [0.4, 0.5) is 0 Å². The zero-order valence-electron chi connectivity index (χ0n) is 10.6. The Morgan fingerprint density at radius 1 is 1.27 bits per heavy atom. The van der Waals surface area contributed by atoms with Crippen LogP contribution in [0.5, 0.6) is 0 Å². The van der Waals surface area contributed by atoms with Crippen molar-refractivity contribution in [3.63, 3.8) is 0 Å². The van der Waals surface area contributed by atoms with Crippen LogP contribution in [0.1, 0.15) is 38.8 Å². The van der Waals surface area contributed by atoms with E-state index in [1.165, 1.54) is 11.1 Å². The molecular weight excluding hydrogens is 182 g/mol. The number of hydrogen-bond acceptors (Lipinski definition) is 1. The van der Waals surface area contributed by atoms with Gasteiger partial charge in [-0.3, -0.25) is 0 Å². The molecule has 84 valence electrons. The van der Waals surface area contributed by atoms with Crippen molar-refractivity contribution in [1.82, 2.24) is 5.32 Å². The van der Waals surface area contributed by atoms with Gasteiger partial charge in [0.2, 0.25) is 0 Å². The second-order valence-electron chi connectivity index (χ2n) is 5.46. The van der Waals surface area contributed by atoms with Gasteiger partial charge in [0.25, 0.3) is 0 Å². The lowest BCUT2D eigenvalue weighted by atomic mass is 9.88. The summed E-state index contributed by atoms with van der Waals surface area (Å²) in [5.41, 5.74) is 3.02. The Balaban J connectivity index is 2.51. The standard InChI is InChI=1S/C14H23N/c1-11-7-6-8-13(9-11)10-15-12(2)14(3,4)5/h6-9,12,15H,10H2,1-5H3. The van der Waals surface area contributed by atoms with Crippen molar-refractivity contribution in [3.8, 4) is 0 Å². The molecule has 0 aliphatic heterocycles. The molecule has 0 aliphatic rings. The SMILES string of the molecule is Cc1cccc(CNC(C)C(C)(C)C)c1. The van der Waals surface area contributed by atoms with Gasteiger partial charge in [-0.05, 0) is 24.8 Å². The predicted octanol–water partition coefficient (Wildman–Crippen LogP) is 3.52. The normalized spacial score (nSPS) is 13.9. The van der Waals surface area contributed by atoms with Crippen molar-refractivity contribution in [2.24, 2.45) is 5.41 Å². The summed E-state index contributed by atoms with van der Waals surface area (Å²) in [6, 6.07) is 9.20. The Morgan fingerprint density at radius 3 is 2.47 bits per heavy atom. The van der Waals surface area contributed by atoms with Crippen molar-refractivity contribution in [1.29, 1.82) is 0 Å². The van der Waals surface area contributed by atoms with Crippen LogP contribution < -0.4 is 5.32 Å². The van der Waals surface area contributed by atoms with Crippen LogP contribution >= 0.6 is 0 Å². The fraction of sp³-hybridized carbons (Fsp3) is 0.571. The Labute approximate surface area is 93.9 Å².